The summed E-state index contributed by atoms with van der Waals surface area (Å²) in [5, 5.41) is 0. The summed E-state index contributed by atoms with van der Waals surface area (Å²) in [5.74, 6) is -0.0719. The van der Waals surface area contributed by atoms with Gasteiger partial charge in [-0.3, -0.25) is 4.79 Å². The molecule has 0 saturated heterocycles. The van der Waals surface area contributed by atoms with E-state index in [-0.39, 0.29) is 22.9 Å². The molecule has 0 aromatic rings. The predicted molar refractivity (Wildman–Crippen MR) is 72.9 cm³/mol. The molecule has 2 heteroatoms. The van der Waals surface area contributed by atoms with Crippen LogP contribution in [0.4, 0.5) is 0 Å². The van der Waals surface area contributed by atoms with E-state index in [1.807, 2.05) is 13.8 Å². The number of ether oxygens (including phenoxy) is 1. The van der Waals surface area contributed by atoms with Crippen molar-refractivity contribution in [3.63, 3.8) is 0 Å². The zero-order valence-corrected chi connectivity index (χ0v) is 12.7. The summed E-state index contributed by atoms with van der Waals surface area (Å²) in [6.45, 7) is 14.6. The number of hydrogen-bond acceptors (Lipinski definition) is 2. The third-order valence-electron chi connectivity index (χ3n) is 4.86. The molecule has 102 valence electrons. The van der Waals surface area contributed by atoms with Gasteiger partial charge in [0.1, 0.15) is 5.60 Å². The summed E-state index contributed by atoms with van der Waals surface area (Å²) < 4.78 is 5.71. The lowest BCUT2D eigenvalue weighted by Gasteiger charge is -2.35. The standard InChI is InChI=1S/C15H30O2/c1-8-14(6,9-2)12(5)13(16)17-15(7,10-3)11-4/h12H,8-11H2,1-7H3/t12-/m0/s1. The van der Waals surface area contributed by atoms with Gasteiger partial charge < -0.3 is 4.74 Å². The smallest absolute Gasteiger partial charge is 0.309 e. The first-order chi connectivity index (χ1) is 7.78. The minimum Gasteiger partial charge on any atom is -0.459 e. The molecule has 0 saturated carbocycles. The zero-order valence-electron chi connectivity index (χ0n) is 12.7. The van der Waals surface area contributed by atoms with Crippen LogP contribution in [0.3, 0.4) is 0 Å². The summed E-state index contributed by atoms with van der Waals surface area (Å²) in [6.07, 6.45) is 3.76. The van der Waals surface area contributed by atoms with E-state index in [0.717, 1.165) is 25.7 Å². The molecule has 0 heterocycles. The third kappa shape index (κ3) is 4.01. The zero-order chi connectivity index (χ0) is 13.7. The topological polar surface area (TPSA) is 26.3 Å². The molecule has 1 atom stereocenters. The van der Waals surface area contributed by atoms with E-state index in [2.05, 4.69) is 34.6 Å². The van der Waals surface area contributed by atoms with Crippen LogP contribution in [-0.2, 0) is 9.53 Å². The minimum absolute atomic E-state index is 0.0325. The SMILES string of the molecule is CCC(C)(CC)OC(=O)[C@H](C)C(C)(CC)CC. The molecule has 0 bridgehead atoms. The summed E-state index contributed by atoms with van der Waals surface area (Å²) in [7, 11) is 0. The summed E-state index contributed by atoms with van der Waals surface area (Å²) >= 11 is 0. The fraction of sp³-hybridized carbons (Fsp3) is 0.933. The third-order valence-corrected chi connectivity index (χ3v) is 4.86. The van der Waals surface area contributed by atoms with Crippen LogP contribution in [0.25, 0.3) is 0 Å². The normalized spacial score (nSPS) is 14.5. The molecule has 0 unspecified atom stereocenters. The molecule has 0 aliphatic carbocycles. The van der Waals surface area contributed by atoms with E-state index in [9.17, 15) is 4.79 Å². The summed E-state index contributed by atoms with van der Waals surface area (Å²) in [5.41, 5.74) is -0.243. The van der Waals surface area contributed by atoms with Crippen LogP contribution in [-0.4, -0.2) is 11.6 Å². The Morgan fingerprint density at radius 2 is 1.41 bits per heavy atom. The quantitative estimate of drug-likeness (QED) is 0.611. The molecule has 0 aromatic carbocycles. The van der Waals surface area contributed by atoms with Gasteiger partial charge in [0.15, 0.2) is 0 Å². The van der Waals surface area contributed by atoms with Crippen molar-refractivity contribution >= 4 is 5.97 Å². The molecule has 17 heavy (non-hydrogen) atoms. The number of carbonyl (C=O) groups excluding carboxylic acids is 1. The molecule has 0 aliphatic rings. The van der Waals surface area contributed by atoms with Gasteiger partial charge in [0.2, 0.25) is 0 Å². The lowest BCUT2D eigenvalue weighted by atomic mass is 9.74. The average molecular weight is 242 g/mol. The second-order valence-electron chi connectivity index (χ2n) is 5.66. The Balaban J connectivity index is 4.72. The second kappa shape index (κ2) is 6.42. The van der Waals surface area contributed by atoms with E-state index in [0.29, 0.717) is 0 Å². The van der Waals surface area contributed by atoms with E-state index >= 15 is 0 Å². The van der Waals surface area contributed by atoms with Gasteiger partial charge in [0, 0.05) is 0 Å². The van der Waals surface area contributed by atoms with E-state index in [1.165, 1.54) is 0 Å². The Hall–Kier alpha value is -0.530. The monoisotopic (exact) mass is 242 g/mol. The maximum atomic E-state index is 12.2. The molecule has 2 nitrogen and oxygen atoms in total. The maximum Gasteiger partial charge on any atom is 0.309 e. The highest BCUT2D eigenvalue weighted by molar-refractivity contribution is 5.73. The highest BCUT2D eigenvalue weighted by Crippen LogP contribution is 2.36. The van der Waals surface area contributed by atoms with Crippen LogP contribution in [0.2, 0.25) is 0 Å². The molecular formula is C15H30O2. The molecule has 0 aromatic heterocycles. The summed E-state index contributed by atoms with van der Waals surface area (Å²) in [6, 6.07) is 0. The molecule has 0 fully saturated rings. The Morgan fingerprint density at radius 1 is 1.00 bits per heavy atom. The molecule has 0 N–H and O–H groups in total. The highest BCUT2D eigenvalue weighted by atomic mass is 16.6. The molecule has 0 spiro atoms. The lowest BCUT2D eigenvalue weighted by Crippen LogP contribution is -2.38. The number of rotatable bonds is 7. The fourth-order valence-electron chi connectivity index (χ4n) is 1.87. The van der Waals surface area contributed by atoms with Crippen LogP contribution in [0.15, 0.2) is 0 Å². The van der Waals surface area contributed by atoms with Crippen LogP contribution in [0, 0.1) is 11.3 Å². The van der Waals surface area contributed by atoms with Crippen LogP contribution in [0.1, 0.15) is 74.1 Å². The van der Waals surface area contributed by atoms with Crippen LogP contribution in [0.5, 0.6) is 0 Å². The van der Waals surface area contributed by atoms with Gasteiger partial charge in [-0.1, -0.05) is 41.5 Å². The number of carbonyl (C=O) groups is 1. The van der Waals surface area contributed by atoms with Crippen LogP contribution >= 0.6 is 0 Å². The van der Waals surface area contributed by atoms with Crippen molar-refractivity contribution in [2.75, 3.05) is 0 Å². The first-order valence-corrected chi connectivity index (χ1v) is 7.01. The fourth-order valence-corrected chi connectivity index (χ4v) is 1.87. The Labute approximate surface area is 107 Å². The Morgan fingerprint density at radius 3 is 1.71 bits per heavy atom. The molecule has 0 radical (unpaired) electrons. The van der Waals surface area contributed by atoms with Gasteiger partial charge in [0.05, 0.1) is 5.92 Å². The van der Waals surface area contributed by atoms with Crippen molar-refractivity contribution in [3.8, 4) is 0 Å². The Bertz CT molecular complexity index is 237. The number of hydrogen-bond donors (Lipinski definition) is 0. The minimum atomic E-state index is -0.298. The predicted octanol–water partition coefficient (Wildman–Crippen LogP) is 4.57. The van der Waals surface area contributed by atoms with Crippen molar-refractivity contribution in [2.45, 2.75) is 79.8 Å². The van der Waals surface area contributed by atoms with Gasteiger partial charge >= 0.3 is 5.97 Å². The molecule has 0 rings (SSSR count). The highest BCUT2D eigenvalue weighted by Gasteiger charge is 2.36. The second-order valence-corrected chi connectivity index (χ2v) is 5.66. The van der Waals surface area contributed by atoms with E-state index in [1.54, 1.807) is 0 Å². The van der Waals surface area contributed by atoms with Gasteiger partial charge in [-0.15, -0.1) is 0 Å². The van der Waals surface area contributed by atoms with Gasteiger partial charge in [-0.25, -0.2) is 0 Å². The van der Waals surface area contributed by atoms with Gasteiger partial charge in [-0.2, -0.15) is 0 Å². The van der Waals surface area contributed by atoms with Crippen molar-refractivity contribution in [1.29, 1.82) is 0 Å². The maximum absolute atomic E-state index is 12.2. The van der Waals surface area contributed by atoms with Crippen molar-refractivity contribution in [1.82, 2.24) is 0 Å². The lowest BCUT2D eigenvalue weighted by molar-refractivity contribution is -0.168. The molecule has 0 aliphatic heterocycles. The first-order valence-electron chi connectivity index (χ1n) is 7.01. The van der Waals surface area contributed by atoms with Crippen molar-refractivity contribution in [3.05, 3.63) is 0 Å². The molecular weight excluding hydrogens is 212 g/mol. The van der Waals surface area contributed by atoms with Crippen LogP contribution < -0.4 is 0 Å². The Kier molecular flexibility index (Phi) is 6.22. The summed E-state index contributed by atoms with van der Waals surface area (Å²) in [4.78, 5) is 12.2. The molecule has 0 amide bonds. The van der Waals surface area contributed by atoms with E-state index in [4.69, 9.17) is 4.74 Å². The van der Waals surface area contributed by atoms with Crippen molar-refractivity contribution < 1.29 is 9.53 Å². The average Bonchev–Trinajstić information content (AvgIpc) is 2.36. The number of esters is 1. The van der Waals surface area contributed by atoms with Gasteiger partial charge in [0.25, 0.3) is 0 Å². The largest absolute Gasteiger partial charge is 0.459 e. The first kappa shape index (κ1) is 16.5. The van der Waals surface area contributed by atoms with Gasteiger partial charge in [-0.05, 0) is 38.0 Å². The van der Waals surface area contributed by atoms with E-state index < -0.39 is 0 Å². The van der Waals surface area contributed by atoms with Crippen molar-refractivity contribution in [2.24, 2.45) is 11.3 Å².